The molecule has 1 fully saturated rings. The summed E-state index contributed by atoms with van der Waals surface area (Å²) in [6.45, 7) is 1.29. The highest BCUT2D eigenvalue weighted by Gasteiger charge is 2.38. The topological polar surface area (TPSA) is 133 Å². The van der Waals surface area contributed by atoms with E-state index in [9.17, 15) is 21.6 Å². The van der Waals surface area contributed by atoms with Crippen LogP contribution in [0.1, 0.15) is 25.7 Å². The van der Waals surface area contributed by atoms with Crippen LogP contribution in [0.5, 0.6) is 0 Å². The minimum Gasteiger partial charge on any atom is -0.475 e. The van der Waals surface area contributed by atoms with Gasteiger partial charge >= 0.3 is 12.1 Å². The van der Waals surface area contributed by atoms with Gasteiger partial charge in [0.05, 0.1) is 10.4 Å². The number of benzene rings is 2. The number of nitrogens with zero attached hydrogens (tertiary/aromatic N) is 2. The van der Waals surface area contributed by atoms with Crippen molar-refractivity contribution >= 4 is 54.6 Å². The minimum atomic E-state index is -5.08. The highest BCUT2D eigenvalue weighted by atomic mass is 79.9. The Hall–Kier alpha value is -2.97. The summed E-state index contributed by atoms with van der Waals surface area (Å²) in [6, 6.07) is 14.9. The number of halogens is 4. The molecule has 0 saturated heterocycles. The Morgan fingerprint density at radius 1 is 1.00 bits per heavy atom. The maximum Gasteiger partial charge on any atom is 0.490 e. The van der Waals surface area contributed by atoms with Crippen LogP contribution in [0.25, 0.3) is 10.9 Å². The Morgan fingerprint density at radius 3 is 2.15 bits per heavy atom. The van der Waals surface area contributed by atoms with E-state index in [1.807, 2.05) is 31.3 Å². The molecule has 0 aliphatic heterocycles. The number of aliphatic carboxylic acids is 1. The fraction of sp³-hybridized carbons (Fsp3) is 0.400. The molecule has 0 unspecified atom stereocenters. The standard InChI is InChI=1S/C23H28BrN5O2S.C2HF3O2/c1-25-22-18-6-2-4-8-20(18)28-23(29-22)26-14-16-10-12-17(13-11-16)15-27-32(30,31)21-9-5-3-7-19(21)24;3-2(4,5)1(6)7/h2-9,16-17,27H,10-15H2,1H3,(H2,25,26,28,29);(H,6,7). The molecule has 1 aromatic heterocycles. The Kier molecular flexibility index (Phi) is 10.5. The summed E-state index contributed by atoms with van der Waals surface area (Å²) >= 11 is 3.32. The third-order valence-corrected chi connectivity index (χ3v) is 8.72. The number of fused-ring (bicyclic) bond motifs is 1. The Morgan fingerprint density at radius 2 is 1.56 bits per heavy atom. The van der Waals surface area contributed by atoms with E-state index in [0.717, 1.165) is 48.9 Å². The summed E-state index contributed by atoms with van der Waals surface area (Å²) in [5.41, 5.74) is 0.912. The van der Waals surface area contributed by atoms with Crippen molar-refractivity contribution in [1.82, 2.24) is 14.7 Å². The van der Waals surface area contributed by atoms with Crippen LogP contribution < -0.4 is 15.4 Å². The van der Waals surface area contributed by atoms with Gasteiger partial charge in [-0.25, -0.2) is 22.9 Å². The zero-order valence-corrected chi connectivity index (χ0v) is 23.4. The first kappa shape index (κ1) is 30.6. The molecule has 9 nitrogen and oxygen atoms in total. The monoisotopic (exact) mass is 631 g/mol. The van der Waals surface area contributed by atoms with E-state index >= 15 is 0 Å². The van der Waals surface area contributed by atoms with Crippen molar-refractivity contribution in [1.29, 1.82) is 0 Å². The van der Waals surface area contributed by atoms with Crippen LogP contribution >= 0.6 is 15.9 Å². The van der Waals surface area contributed by atoms with E-state index in [4.69, 9.17) is 9.90 Å². The summed E-state index contributed by atoms with van der Waals surface area (Å²) in [5.74, 6) is -0.418. The predicted octanol–water partition coefficient (Wildman–Crippen LogP) is 5.26. The SMILES string of the molecule is CNc1nc(NCC2CCC(CNS(=O)(=O)c3ccccc3Br)CC2)nc2ccccc12.O=C(O)C(F)(F)F. The molecule has 14 heteroatoms. The van der Waals surface area contributed by atoms with Gasteiger partial charge in [-0.15, -0.1) is 0 Å². The molecule has 0 spiro atoms. The summed E-state index contributed by atoms with van der Waals surface area (Å²) in [5, 5.41) is 14.7. The smallest absolute Gasteiger partial charge is 0.475 e. The van der Waals surface area contributed by atoms with Gasteiger partial charge in [-0.2, -0.15) is 18.2 Å². The van der Waals surface area contributed by atoms with Gasteiger partial charge in [-0.1, -0.05) is 24.3 Å². The first-order valence-electron chi connectivity index (χ1n) is 12.1. The van der Waals surface area contributed by atoms with Crippen molar-refractivity contribution in [3.63, 3.8) is 0 Å². The van der Waals surface area contributed by atoms with Crippen molar-refractivity contribution in [2.75, 3.05) is 30.8 Å². The predicted molar refractivity (Wildman–Crippen MR) is 146 cm³/mol. The third-order valence-electron chi connectivity index (χ3n) is 6.29. The van der Waals surface area contributed by atoms with Crippen LogP contribution in [0.2, 0.25) is 0 Å². The molecular formula is C25H29BrF3N5O4S. The molecule has 3 aromatic rings. The largest absolute Gasteiger partial charge is 0.490 e. The van der Waals surface area contributed by atoms with Gasteiger partial charge in [0.1, 0.15) is 5.82 Å². The molecule has 1 aliphatic rings. The number of carboxylic acids is 1. The molecule has 1 aliphatic carbocycles. The number of rotatable bonds is 8. The van der Waals surface area contributed by atoms with Gasteiger partial charge in [0.15, 0.2) is 0 Å². The van der Waals surface area contributed by atoms with Crippen molar-refractivity contribution in [2.45, 2.75) is 36.8 Å². The fourth-order valence-electron chi connectivity index (χ4n) is 4.19. The Labute approximate surface area is 232 Å². The molecule has 4 N–H and O–H groups in total. The molecule has 212 valence electrons. The van der Waals surface area contributed by atoms with Crippen LogP contribution in [0, 0.1) is 11.8 Å². The highest BCUT2D eigenvalue weighted by Crippen LogP contribution is 2.30. The molecule has 0 atom stereocenters. The van der Waals surface area contributed by atoms with Gasteiger partial charge in [-0.05, 0) is 77.7 Å². The second-order valence-corrected chi connectivity index (χ2v) is 11.6. The van der Waals surface area contributed by atoms with Gasteiger partial charge in [-0.3, -0.25) is 0 Å². The van der Waals surface area contributed by atoms with Gasteiger partial charge in [0.2, 0.25) is 16.0 Å². The maximum atomic E-state index is 12.6. The van der Waals surface area contributed by atoms with Crippen LogP contribution in [-0.2, 0) is 14.8 Å². The van der Waals surface area contributed by atoms with Gasteiger partial charge in [0.25, 0.3) is 0 Å². The second kappa shape index (κ2) is 13.4. The van der Waals surface area contributed by atoms with Crippen molar-refractivity contribution < 1.29 is 31.5 Å². The Balaban J connectivity index is 0.000000532. The number of carbonyl (C=O) groups is 1. The molecule has 2 aromatic carbocycles. The molecule has 39 heavy (non-hydrogen) atoms. The molecule has 1 heterocycles. The van der Waals surface area contributed by atoms with Crippen LogP contribution in [0.4, 0.5) is 24.9 Å². The summed E-state index contributed by atoms with van der Waals surface area (Å²) in [6.07, 6.45) is -0.960. The van der Waals surface area contributed by atoms with E-state index in [-0.39, 0.29) is 4.90 Å². The number of hydrogen-bond acceptors (Lipinski definition) is 7. The van der Waals surface area contributed by atoms with Crippen LogP contribution in [0.15, 0.2) is 57.9 Å². The number of alkyl halides is 3. The average molecular weight is 633 g/mol. The quantitative estimate of drug-likeness (QED) is 0.264. The molecule has 1 saturated carbocycles. The highest BCUT2D eigenvalue weighted by molar-refractivity contribution is 9.10. The normalized spacial score (nSPS) is 17.7. The summed E-state index contributed by atoms with van der Waals surface area (Å²) in [7, 11) is -1.64. The zero-order valence-electron chi connectivity index (χ0n) is 21.0. The third kappa shape index (κ3) is 8.77. The lowest BCUT2D eigenvalue weighted by Gasteiger charge is -2.28. The van der Waals surface area contributed by atoms with E-state index in [2.05, 4.69) is 41.3 Å². The van der Waals surface area contributed by atoms with E-state index in [1.54, 1.807) is 24.3 Å². The average Bonchev–Trinajstić information content (AvgIpc) is 2.91. The second-order valence-electron chi connectivity index (χ2n) is 9.02. The first-order chi connectivity index (χ1) is 18.4. The fourth-order valence-corrected chi connectivity index (χ4v) is 6.31. The number of nitrogens with one attached hydrogen (secondary N) is 3. The zero-order chi connectivity index (χ0) is 28.6. The van der Waals surface area contributed by atoms with E-state index in [0.29, 0.717) is 28.8 Å². The lowest BCUT2D eigenvalue weighted by molar-refractivity contribution is -0.192. The van der Waals surface area contributed by atoms with Gasteiger partial charge < -0.3 is 15.7 Å². The number of sulfonamides is 1. The summed E-state index contributed by atoms with van der Waals surface area (Å²) < 4.78 is 60.3. The Bertz CT molecular complexity index is 1380. The minimum absolute atomic E-state index is 0.286. The molecule has 0 bridgehead atoms. The molecule has 0 amide bonds. The van der Waals surface area contributed by atoms with Crippen molar-refractivity contribution in [2.24, 2.45) is 11.8 Å². The number of hydrogen-bond donors (Lipinski definition) is 4. The number of anilines is 2. The number of aromatic nitrogens is 2. The van der Waals surface area contributed by atoms with Crippen molar-refractivity contribution in [3.8, 4) is 0 Å². The number of para-hydroxylation sites is 1. The molecule has 0 radical (unpaired) electrons. The van der Waals surface area contributed by atoms with Crippen molar-refractivity contribution in [3.05, 3.63) is 53.0 Å². The molecule has 4 rings (SSSR count). The van der Waals surface area contributed by atoms with Crippen LogP contribution in [-0.4, -0.2) is 55.8 Å². The molecular weight excluding hydrogens is 603 g/mol. The summed E-state index contributed by atoms with van der Waals surface area (Å²) in [4.78, 5) is 18.4. The van der Waals surface area contributed by atoms with E-state index < -0.39 is 22.2 Å². The maximum absolute atomic E-state index is 12.6. The lowest BCUT2D eigenvalue weighted by atomic mass is 9.82. The van der Waals surface area contributed by atoms with Crippen LogP contribution in [0.3, 0.4) is 0 Å². The van der Waals surface area contributed by atoms with E-state index in [1.165, 1.54) is 0 Å². The first-order valence-corrected chi connectivity index (χ1v) is 14.4. The lowest BCUT2D eigenvalue weighted by Crippen LogP contribution is -2.32. The van der Waals surface area contributed by atoms with Gasteiger partial charge in [0, 0.05) is 30.0 Å². The number of carboxylic acid groups (broad SMARTS) is 1.